The van der Waals surface area contributed by atoms with Gasteiger partial charge in [-0.05, 0) is 45.6 Å². The molecule has 2 saturated heterocycles. The summed E-state index contributed by atoms with van der Waals surface area (Å²) in [6, 6.07) is 0.624. The molecule has 1 N–H and O–H groups in total. The molecule has 0 bridgehead atoms. The lowest BCUT2D eigenvalue weighted by Crippen LogP contribution is -2.61. The first kappa shape index (κ1) is 14.6. The molecule has 1 atom stereocenters. The van der Waals surface area contributed by atoms with E-state index in [2.05, 4.69) is 10.5 Å². The maximum Gasteiger partial charge on any atom is 0.276 e. The lowest BCUT2D eigenvalue weighted by molar-refractivity contribution is 0.0541. The number of likely N-dealkylation sites (tertiary alicyclic amines) is 1. The van der Waals surface area contributed by atoms with Gasteiger partial charge in [-0.25, -0.2) is 0 Å². The van der Waals surface area contributed by atoms with Gasteiger partial charge in [-0.15, -0.1) is 11.8 Å². The number of nitrogens with zero attached hydrogens (tertiary/aromatic N) is 2. The van der Waals surface area contributed by atoms with Crippen LogP contribution in [0.25, 0.3) is 0 Å². The monoisotopic (exact) mass is 321 g/mol. The first-order chi connectivity index (χ1) is 10.6. The lowest BCUT2D eigenvalue weighted by Gasteiger charge is -2.47. The van der Waals surface area contributed by atoms with E-state index in [1.807, 2.05) is 30.5 Å². The Balaban J connectivity index is 1.31. The highest BCUT2D eigenvalue weighted by atomic mass is 32.2. The van der Waals surface area contributed by atoms with Crippen LogP contribution in [-0.4, -0.2) is 52.1 Å². The molecule has 0 radical (unpaired) electrons. The molecule has 4 rings (SSSR count). The van der Waals surface area contributed by atoms with Crippen LogP contribution in [0.15, 0.2) is 4.52 Å². The van der Waals surface area contributed by atoms with Gasteiger partial charge in [0.1, 0.15) is 5.76 Å². The highest BCUT2D eigenvalue weighted by molar-refractivity contribution is 8.01. The number of aromatic nitrogens is 1. The minimum Gasteiger partial charge on any atom is -0.361 e. The molecule has 3 aliphatic rings. The maximum atomic E-state index is 12.5. The zero-order chi connectivity index (χ0) is 15.3. The Hall–Kier alpha value is -1.01. The van der Waals surface area contributed by atoms with Crippen LogP contribution in [0.1, 0.15) is 41.1 Å². The number of rotatable bonds is 4. The number of hydrogen-bond donors (Lipinski definition) is 1. The SMILES string of the molecule is Cc1onc(C(=O)N2CC3(CC(NCC4CC4)CS3)C2)c1C. The van der Waals surface area contributed by atoms with Crippen molar-refractivity contribution < 1.29 is 9.32 Å². The van der Waals surface area contributed by atoms with E-state index in [0.29, 0.717) is 11.7 Å². The molecule has 120 valence electrons. The van der Waals surface area contributed by atoms with Crippen molar-refractivity contribution in [3.63, 3.8) is 0 Å². The summed E-state index contributed by atoms with van der Waals surface area (Å²) in [7, 11) is 0. The molecule has 22 heavy (non-hydrogen) atoms. The smallest absolute Gasteiger partial charge is 0.276 e. The van der Waals surface area contributed by atoms with Gasteiger partial charge in [0, 0.05) is 30.4 Å². The second-order valence-corrected chi connectivity index (χ2v) is 8.61. The Morgan fingerprint density at radius 3 is 2.86 bits per heavy atom. The molecule has 2 aliphatic heterocycles. The summed E-state index contributed by atoms with van der Waals surface area (Å²) in [4.78, 5) is 14.4. The third-order valence-electron chi connectivity index (χ3n) is 5.21. The zero-order valence-electron chi connectivity index (χ0n) is 13.2. The van der Waals surface area contributed by atoms with E-state index >= 15 is 0 Å². The van der Waals surface area contributed by atoms with E-state index in [9.17, 15) is 4.79 Å². The predicted octanol–water partition coefficient (Wildman–Crippen LogP) is 1.99. The molecule has 1 spiro atoms. The Kier molecular flexibility index (Phi) is 3.49. The van der Waals surface area contributed by atoms with Crippen LogP contribution in [0.4, 0.5) is 0 Å². The number of carbonyl (C=O) groups excluding carboxylic acids is 1. The molecule has 6 heteroatoms. The number of amides is 1. The topological polar surface area (TPSA) is 58.4 Å². The van der Waals surface area contributed by atoms with Crippen LogP contribution in [0.3, 0.4) is 0 Å². The number of hydrogen-bond acceptors (Lipinski definition) is 5. The van der Waals surface area contributed by atoms with E-state index in [-0.39, 0.29) is 10.7 Å². The van der Waals surface area contributed by atoms with Gasteiger partial charge < -0.3 is 14.7 Å². The first-order valence-electron chi connectivity index (χ1n) is 8.16. The van der Waals surface area contributed by atoms with Crippen LogP contribution in [-0.2, 0) is 0 Å². The molecule has 1 aromatic rings. The number of thioether (sulfide) groups is 1. The minimum absolute atomic E-state index is 0.0231. The summed E-state index contributed by atoms with van der Waals surface area (Å²) in [5.74, 6) is 2.86. The summed E-state index contributed by atoms with van der Waals surface area (Å²) in [5, 5.41) is 7.62. The molecule has 1 aromatic heterocycles. The Labute approximate surface area is 135 Å². The van der Waals surface area contributed by atoms with Gasteiger partial charge in [0.15, 0.2) is 5.69 Å². The van der Waals surface area contributed by atoms with E-state index < -0.39 is 0 Å². The molecule has 1 unspecified atom stereocenters. The van der Waals surface area contributed by atoms with Crippen molar-refractivity contribution >= 4 is 17.7 Å². The highest BCUT2D eigenvalue weighted by Gasteiger charge is 2.51. The minimum atomic E-state index is 0.0231. The molecular weight excluding hydrogens is 298 g/mol. The van der Waals surface area contributed by atoms with Gasteiger partial charge in [-0.2, -0.15) is 0 Å². The maximum absolute atomic E-state index is 12.5. The Morgan fingerprint density at radius 2 is 2.23 bits per heavy atom. The van der Waals surface area contributed by atoms with Crippen molar-refractivity contribution in [2.75, 3.05) is 25.4 Å². The molecule has 0 aromatic carbocycles. The molecule has 3 fully saturated rings. The molecule has 3 heterocycles. The quantitative estimate of drug-likeness (QED) is 0.919. The molecule has 5 nitrogen and oxygen atoms in total. The van der Waals surface area contributed by atoms with Crippen LogP contribution < -0.4 is 5.32 Å². The van der Waals surface area contributed by atoms with Crippen molar-refractivity contribution in [1.29, 1.82) is 0 Å². The van der Waals surface area contributed by atoms with E-state index in [1.54, 1.807) is 0 Å². The normalized spacial score (nSPS) is 26.5. The zero-order valence-corrected chi connectivity index (χ0v) is 14.0. The third-order valence-corrected chi connectivity index (χ3v) is 6.81. The van der Waals surface area contributed by atoms with Crippen molar-refractivity contribution in [2.45, 2.75) is 43.9 Å². The largest absolute Gasteiger partial charge is 0.361 e. The molecule has 1 saturated carbocycles. The van der Waals surface area contributed by atoms with Crippen molar-refractivity contribution in [2.24, 2.45) is 5.92 Å². The highest BCUT2D eigenvalue weighted by Crippen LogP contribution is 2.45. The van der Waals surface area contributed by atoms with Gasteiger partial charge in [-0.1, -0.05) is 5.16 Å². The summed E-state index contributed by atoms with van der Waals surface area (Å²) in [6.45, 7) is 6.63. The first-order valence-corrected chi connectivity index (χ1v) is 9.14. The lowest BCUT2D eigenvalue weighted by atomic mass is 9.91. The second kappa shape index (κ2) is 5.27. The van der Waals surface area contributed by atoms with Crippen LogP contribution in [0, 0.1) is 19.8 Å². The Morgan fingerprint density at radius 1 is 1.45 bits per heavy atom. The average Bonchev–Trinajstić information content (AvgIpc) is 3.11. The predicted molar refractivity (Wildman–Crippen MR) is 86.2 cm³/mol. The van der Waals surface area contributed by atoms with Gasteiger partial charge in [0.2, 0.25) is 0 Å². The average molecular weight is 321 g/mol. The van der Waals surface area contributed by atoms with Crippen LogP contribution in [0.2, 0.25) is 0 Å². The molecule has 1 aliphatic carbocycles. The second-order valence-electron chi connectivity index (χ2n) is 7.12. The van der Waals surface area contributed by atoms with Crippen LogP contribution in [0.5, 0.6) is 0 Å². The number of aryl methyl sites for hydroxylation is 1. The van der Waals surface area contributed by atoms with Gasteiger partial charge in [0.05, 0.1) is 4.75 Å². The van der Waals surface area contributed by atoms with Gasteiger partial charge in [0.25, 0.3) is 5.91 Å². The molecular formula is C16H23N3O2S. The fourth-order valence-corrected chi connectivity index (χ4v) is 5.01. The fraction of sp³-hybridized carbons (Fsp3) is 0.750. The van der Waals surface area contributed by atoms with Crippen molar-refractivity contribution in [3.05, 3.63) is 17.0 Å². The van der Waals surface area contributed by atoms with E-state index in [4.69, 9.17) is 4.52 Å². The van der Waals surface area contributed by atoms with Gasteiger partial charge >= 0.3 is 0 Å². The fourth-order valence-electron chi connectivity index (χ4n) is 3.41. The van der Waals surface area contributed by atoms with Gasteiger partial charge in [-0.3, -0.25) is 4.79 Å². The number of nitrogens with one attached hydrogen (secondary N) is 1. The third kappa shape index (κ3) is 2.56. The summed E-state index contributed by atoms with van der Waals surface area (Å²) >= 11 is 2.04. The van der Waals surface area contributed by atoms with Crippen molar-refractivity contribution in [1.82, 2.24) is 15.4 Å². The standard InChI is InChI=1S/C16H23N3O2S/c1-10-11(2)21-18-14(10)15(20)19-8-16(9-19)5-13(7-22-16)17-6-12-3-4-12/h12-13,17H,3-9H2,1-2H3. The summed E-state index contributed by atoms with van der Waals surface area (Å²) < 4.78 is 5.40. The number of carbonyl (C=O) groups is 1. The summed E-state index contributed by atoms with van der Waals surface area (Å²) in [6.07, 6.45) is 3.98. The van der Waals surface area contributed by atoms with Crippen molar-refractivity contribution in [3.8, 4) is 0 Å². The summed E-state index contributed by atoms with van der Waals surface area (Å²) in [5.41, 5.74) is 1.35. The van der Waals surface area contributed by atoms with E-state index in [1.165, 1.54) is 31.6 Å². The van der Waals surface area contributed by atoms with E-state index in [0.717, 1.165) is 30.3 Å². The van der Waals surface area contributed by atoms with Crippen LogP contribution >= 0.6 is 11.8 Å². The Bertz CT molecular complexity index is 590. The molecule has 1 amide bonds.